The highest BCUT2D eigenvalue weighted by atomic mass is 16.6. The smallest absolute Gasteiger partial charge is 0.360 e. The molecular formula is C22H25N3O4. The Morgan fingerprint density at radius 3 is 2.24 bits per heavy atom. The van der Waals surface area contributed by atoms with Crippen molar-refractivity contribution in [3.8, 4) is 0 Å². The van der Waals surface area contributed by atoms with Gasteiger partial charge in [-0.1, -0.05) is 59.3 Å². The van der Waals surface area contributed by atoms with Crippen LogP contribution in [0.1, 0.15) is 36.1 Å². The number of hydrogen-bond donors (Lipinski definition) is 0. The second-order valence-electron chi connectivity index (χ2n) is 6.40. The lowest BCUT2D eigenvalue weighted by molar-refractivity contribution is -0.132. The number of esters is 1. The van der Waals surface area contributed by atoms with Crippen LogP contribution < -0.4 is 0 Å². The van der Waals surface area contributed by atoms with Crippen LogP contribution in [0.4, 0.5) is 0 Å². The summed E-state index contributed by atoms with van der Waals surface area (Å²) in [6.45, 7) is 5.46. The van der Waals surface area contributed by atoms with Crippen molar-refractivity contribution in [1.82, 2.24) is 5.01 Å². The third kappa shape index (κ3) is 5.75. The van der Waals surface area contributed by atoms with Gasteiger partial charge in [0.2, 0.25) is 5.91 Å². The van der Waals surface area contributed by atoms with Crippen LogP contribution in [0.3, 0.4) is 0 Å². The summed E-state index contributed by atoms with van der Waals surface area (Å²) >= 11 is 0. The molecule has 0 saturated carbocycles. The number of hydrazone groups is 1. The molecule has 0 radical (unpaired) electrons. The molecule has 2 rings (SSSR count). The van der Waals surface area contributed by atoms with E-state index in [1.165, 1.54) is 26.2 Å². The van der Waals surface area contributed by atoms with E-state index in [9.17, 15) is 9.59 Å². The molecule has 7 heteroatoms. The second-order valence-corrected chi connectivity index (χ2v) is 6.40. The molecule has 0 unspecified atom stereocenters. The number of oxime groups is 1. The molecule has 1 amide bonds. The van der Waals surface area contributed by atoms with Crippen LogP contribution >= 0.6 is 0 Å². The maximum atomic E-state index is 12.2. The summed E-state index contributed by atoms with van der Waals surface area (Å²) in [5.74, 6) is -0.859. The quantitative estimate of drug-likeness (QED) is 0.409. The van der Waals surface area contributed by atoms with Gasteiger partial charge in [-0.2, -0.15) is 5.10 Å². The first-order valence-electron chi connectivity index (χ1n) is 9.05. The van der Waals surface area contributed by atoms with E-state index in [0.29, 0.717) is 16.8 Å². The zero-order chi connectivity index (χ0) is 21.4. The Morgan fingerprint density at radius 1 is 1.00 bits per heavy atom. The Bertz CT molecular complexity index is 933. The monoisotopic (exact) mass is 395 g/mol. The van der Waals surface area contributed by atoms with E-state index in [4.69, 9.17) is 9.57 Å². The van der Waals surface area contributed by atoms with Crippen LogP contribution in [-0.2, 0) is 25.7 Å². The number of amides is 1. The number of ether oxygens (including phenoxy) is 1. The number of aryl methyl sites for hydroxylation is 1. The predicted octanol–water partition coefficient (Wildman–Crippen LogP) is 3.29. The van der Waals surface area contributed by atoms with Crippen LogP contribution in [-0.4, -0.2) is 42.5 Å². The summed E-state index contributed by atoms with van der Waals surface area (Å²) in [5.41, 5.74) is 3.99. The Balaban J connectivity index is 2.40. The molecule has 2 aromatic rings. The lowest BCUT2D eigenvalue weighted by Gasteiger charge is -2.19. The number of carbonyl (C=O) groups excluding carboxylic acids is 2. The van der Waals surface area contributed by atoms with E-state index in [0.717, 1.165) is 11.1 Å². The fourth-order valence-corrected chi connectivity index (χ4v) is 2.69. The minimum absolute atomic E-state index is 0.0216. The van der Waals surface area contributed by atoms with Crippen LogP contribution in [0, 0.1) is 6.92 Å². The van der Waals surface area contributed by atoms with Gasteiger partial charge in [-0.05, 0) is 25.0 Å². The lowest BCUT2D eigenvalue weighted by atomic mass is 10.0. The molecule has 0 heterocycles. The number of carbonyl (C=O) groups is 2. The molecule has 0 saturated heterocycles. The molecule has 29 heavy (non-hydrogen) atoms. The molecule has 0 aliphatic carbocycles. The van der Waals surface area contributed by atoms with Gasteiger partial charge in [0.25, 0.3) is 0 Å². The van der Waals surface area contributed by atoms with Crippen molar-refractivity contribution in [3.63, 3.8) is 0 Å². The minimum atomic E-state index is -0.631. The Kier molecular flexibility index (Phi) is 7.65. The van der Waals surface area contributed by atoms with Crippen molar-refractivity contribution in [1.29, 1.82) is 0 Å². The highest BCUT2D eigenvalue weighted by molar-refractivity contribution is 6.43. The van der Waals surface area contributed by atoms with Gasteiger partial charge in [-0.25, -0.2) is 9.80 Å². The predicted molar refractivity (Wildman–Crippen MR) is 112 cm³/mol. The summed E-state index contributed by atoms with van der Waals surface area (Å²) in [5, 5.41) is 9.65. The average Bonchev–Trinajstić information content (AvgIpc) is 2.71. The van der Waals surface area contributed by atoms with E-state index in [1.807, 2.05) is 44.2 Å². The third-order valence-corrected chi connectivity index (χ3v) is 4.26. The van der Waals surface area contributed by atoms with E-state index in [-0.39, 0.29) is 18.2 Å². The molecule has 0 aromatic heterocycles. The summed E-state index contributed by atoms with van der Waals surface area (Å²) in [7, 11) is 2.62. The normalized spacial score (nSPS) is 11.8. The largest absolute Gasteiger partial charge is 0.464 e. The van der Waals surface area contributed by atoms with Gasteiger partial charge in [-0.3, -0.25) is 4.79 Å². The van der Waals surface area contributed by atoms with E-state index in [2.05, 4.69) is 10.3 Å². The molecule has 152 valence electrons. The average molecular weight is 395 g/mol. The van der Waals surface area contributed by atoms with Gasteiger partial charge in [0.1, 0.15) is 7.11 Å². The van der Waals surface area contributed by atoms with Crippen LogP contribution in [0.15, 0.2) is 58.8 Å². The van der Waals surface area contributed by atoms with Crippen molar-refractivity contribution in [2.24, 2.45) is 10.3 Å². The molecule has 0 bridgehead atoms. The van der Waals surface area contributed by atoms with Crippen LogP contribution in [0.2, 0.25) is 0 Å². The molecule has 0 spiro atoms. The Morgan fingerprint density at radius 2 is 1.66 bits per heavy atom. The van der Waals surface area contributed by atoms with Gasteiger partial charge < -0.3 is 9.57 Å². The Hall–Kier alpha value is -3.48. The summed E-state index contributed by atoms with van der Waals surface area (Å²) in [6, 6.07) is 15.0. The Labute approximate surface area is 170 Å². The van der Waals surface area contributed by atoms with Crippen molar-refractivity contribution in [2.75, 3.05) is 14.2 Å². The fraction of sp³-hybridized carbons (Fsp3) is 0.273. The number of nitrogens with zero attached hydrogens (tertiary/aromatic N) is 3. The number of rotatable bonds is 7. The third-order valence-electron chi connectivity index (χ3n) is 4.26. The van der Waals surface area contributed by atoms with Gasteiger partial charge >= 0.3 is 5.97 Å². The maximum Gasteiger partial charge on any atom is 0.360 e. The molecule has 0 aliphatic heterocycles. The van der Waals surface area contributed by atoms with Crippen molar-refractivity contribution >= 4 is 23.3 Å². The van der Waals surface area contributed by atoms with Crippen molar-refractivity contribution in [2.45, 2.75) is 27.3 Å². The number of hydrogen-bond acceptors (Lipinski definition) is 6. The SMILES string of the molecule is CO/N=C(\C(=O)OC)c1ccccc1CN(/N=C(/C)c1ccc(C)cc1)C(C)=O. The van der Waals surface area contributed by atoms with E-state index in [1.54, 1.807) is 18.2 Å². The first-order chi connectivity index (χ1) is 13.9. The fourth-order valence-electron chi connectivity index (χ4n) is 2.69. The molecule has 0 aliphatic rings. The van der Waals surface area contributed by atoms with Gasteiger partial charge in [0, 0.05) is 12.5 Å². The number of benzene rings is 2. The van der Waals surface area contributed by atoms with Crippen LogP contribution in [0.5, 0.6) is 0 Å². The number of methoxy groups -OCH3 is 1. The van der Waals surface area contributed by atoms with E-state index < -0.39 is 5.97 Å². The maximum absolute atomic E-state index is 12.2. The van der Waals surface area contributed by atoms with Gasteiger partial charge in [-0.15, -0.1) is 0 Å². The molecule has 0 atom stereocenters. The lowest BCUT2D eigenvalue weighted by Crippen LogP contribution is -2.26. The molecule has 0 fully saturated rings. The molecule has 7 nitrogen and oxygen atoms in total. The summed E-state index contributed by atoms with van der Waals surface area (Å²) < 4.78 is 4.80. The van der Waals surface area contributed by atoms with Gasteiger partial charge in [0.15, 0.2) is 5.71 Å². The molecular weight excluding hydrogens is 370 g/mol. The molecule has 2 aromatic carbocycles. The van der Waals surface area contributed by atoms with Gasteiger partial charge in [0.05, 0.1) is 19.4 Å². The summed E-state index contributed by atoms with van der Waals surface area (Å²) in [6.07, 6.45) is 0. The first kappa shape index (κ1) is 21.8. The first-order valence-corrected chi connectivity index (χ1v) is 9.05. The van der Waals surface area contributed by atoms with Crippen molar-refractivity contribution in [3.05, 3.63) is 70.8 Å². The standard InChI is InChI=1S/C22H25N3O4/c1-15-10-12-18(13-11-15)16(2)23-25(17(3)26)14-19-8-6-7-9-20(19)21(24-29-5)22(27)28-4/h6-13H,14H2,1-5H3/b23-16-,24-21-. The topological polar surface area (TPSA) is 80.6 Å². The highest BCUT2D eigenvalue weighted by Crippen LogP contribution is 2.16. The zero-order valence-corrected chi connectivity index (χ0v) is 17.3. The van der Waals surface area contributed by atoms with Crippen LogP contribution in [0.25, 0.3) is 0 Å². The minimum Gasteiger partial charge on any atom is -0.464 e. The van der Waals surface area contributed by atoms with Crippen molar-refractivity contribution < 1.29 is 19.2 Å². The second kappa shape index (κ2) is 10.2. The summed E-state index contributed by atoms with van der Waals surface area (Å²) in [4.78, 5) is 29.2. The van der Waals surface area contributed by atoms with E-state index >= 15 is 0 Å². The highest BCUT2D eigenvalue weighted by Gasteiger charge is 2.21. The zero-order valence-electron chi connectivity index (χ0n) is 17.3. The molecule has 0 N–H and O–H groups in total.